The third-order valence-corrected chi connectivity index (χ3v) is 8.16. The van der Waals surface area contributed by atoms with Crippen molar-refractivity contribution in [2.45, 2.75) is 43.8 Å². The smallest absolute Gasteiger partial charge is 0.246 e. The Morgan fingerprint density at radius 1 is 1.05 bits per heavy atom. The van der Waals surface area contributed by atoms with Gasteiger partial charge in [-0.3, -0.25) is 29.1 Å². The van der Waals surface area contributed by atoms with Crippen LogP contribution in [0, 0.1) is 0 Å². The van der Waals surface area contributed by atoms with Crippen molar-refractivity contribution in [3.05, 3.63) is 83.5 Å². The number of benzene rings is 1. The van der Waals surface area contributed by atoms with E-state index in [0.717, 1.165) is 11.1 Å². The quantitative estimate of drug-likeness (QED) is 0.164. The molecule has 1 aromatic heterocycles. The summed E-state index contributed by atoms with van der Waals surface area (Å²) < 4.78 is 5.58. The van der Waals surface area contributed by atoms with Crippen LogP contribution in [0.15, 0.2) is 76.0 Å². The normalized spacial score (nSPS) is 21.6. The van der Waals surface area contributed by atoms with E-state index in [0.29, 0.717) is 43.3 Å². The van der Waals surface area contributed by atoms with Gasteiger partial charge in [-0.1, -0.05) is 30.3 Å². The zero-order valence-electron chi connectivity index (χ0n) is 24.3. The fourth-order valence-corrected chi connectivity index (χ4v) is 5.98. The van der Waals surface area contributed by atoms with Crippen molar-refractivity contribution in [3.63, 3.8) is 0 Å². The van der Waals surface area contributed by atoms with Gasteiger partial charge in [-0.15, -0.1) is 0 Å². The molecule has 14 heteroatoms. The SMILES string of the molecule is NC(=O)[C@@H]1CSCc2ccccc2CN(Cc2ccco2)CC(=O)N2CC=C/C2=C/C(=O)N[C@@H](CCCN=C(N)N)C(=O)N1. The molecule has 0 radical (unpaired) electrons. The van der Waals surface area contributed by atoms with Crippen molar-refractivity contribution in [3.8, 4) is 0 Å². The molecule has 0 aliphatic carbocycles. The molecule has 0 saturated carbocycles. The first-order valence-electron chi connectivity index (χ1n) is 14.2. The summed E-state index contributed by atoms with van der Waals surface area (Å²) >= 11 is 1.45. The molecule has 4 amide bonds. The highest BCUT2D eigenvalue weighted by molar-refractivity contribution is 7.98. The van der Waals surface area contributed by atoms with Gasteiger partial charge in [0.25, 0.3) is 0 Å². The number of amides is 4. The van der Waals surface area contributed by atoms with Crippen LogP contribution < -0.4 is 27.8 Å². The summed E-state index contributed by atoms with van der Waals surface area (Å²) in [5, 5.41) is 5.40. The molecule has 0 fully saturated rings. The van der Waals surface area contributed by atoms with Crippen molar-refractivity contribution in [1.29, 1.82) is 0 Å². The number of aliphatic imine (C=N–C) groups is 1. The number of fused-ring (bicyclic) bond motifs is 2. The molecule has 1 aromatic carbocycles. The minimum Gasteiger partial charge on any atom is -0.468 e. The van der Waals surface area contributed by atoms with Gasteiger partial charge in [-0.2, -0.15) is 11.8 Å². The Bertz CT molecular complexity index is 1420. The van der Waals surface area contributed by atoms with E-state index < -0.39 is 29.8 Å². The van der Waals surface area contributed by atoms with Crippen LogP contribution in [0.4, 0.5) is 0 Å². The van der Waals surface area contributed by atoms with Gasteiger partial charge in [0.05, 0.1) is 19.4 Å². The minimum absolute atomic E-state index is 0.0718. The summed E-state index contributed by atoms with van der Waals surface area (Å²) in [7, 11) is 0. The third-order valence-electron chi connectivity index (χ3n) is 7.08. The summed E-state index contributed by atoms with van der Waals surface area (Å²) in [6, 6.07) is 9.57. The van der Waals surface area contributed by atoms with Gasteiger partial charge >= 0.3 is 0 Å². The average Bonchev–Trinajstić information content (AvgIpc) is 3.66. The number of nitrogens with zero attached hydrogens (tertiary/aromatic N) is 3. The number of furan rings is 1. The summed E-state index contributed by atoms with van der Waals surface area (Å²) in [4.78, 5) is 59.8. The molecule has 0 unspecified atom stereocenters. The van der Waals surface area contributed by atoms with Crippen molar-refractivity contribution < 1.29 is 23.6 Å². The number of guanidine groups is 1. The summed E-state index contributed by atoms with van der Waals surface area (Å²) in [6.45, 7) is 1.49. The molecular formula is C30H38N8O5S. The lowest BCUT2D eigenvalue weighted by Gasteiger charge is -2.26. The van der Waals surface area contributed by atoms with Crippen molar-refractivity contribution in [2.24, 2.45) is 22.2 Å². The lowest BCUT2D eigenvalue weighted by Crippen LogP contribution is -2.53. The van der Waals surface area contributed by atoms with Crippen LogP contribution in [-0.4, -0.2) is 76.9 Å². The minimum atomic E-state index is -1.00. The van der Waals surface area contributed by atoms with Crippen LogP contribution in [0.25, 0.3) is 0 Å². The Kier molecular flexibility index (Phi) is 11.6. The predicted octanol–water partition coefficient (Wildman–Crippen LogP) is 0.319. The number of rotatable bonds is 7. The highest BCUT2D eigenvalue weighted by atomic mass is 32.2. The maximum absolute atomic E-state index is 13.6. The van der Waals surface area contributed by atoms with Gasteiger partial charge in [0, 0.05) is 42.9 Å². The first-order valence-corrected chi connectivity index (χ1v) is 15.4. The van der Waals surface area contributed by atoms with E-state index in [4.69, 9.17) is 21.6 Å². The lowest BCUT2D eigenvalue weighted by atomic mass is 10.1. The number of allylic oxidation sites excluding steroid dienone is 1. The highest BCUT2D eigenvalue weighted by Crippen LogP contribution is 2.22. The average molecular weight is 623 g/mol. The van der Waals surface area contributed by atoms with Gasteiger partial charge in [0.15, 0.2) is 5.96 Å². The van der Waals surface area contributed by atoms with Crippen LogP contribution in [0.5, 0.6) is 0 Å². The van der Waals surface area contributed by atoms with Crippen LogP contribution in [0.1, 0.15) is 29.7 Å². The molecule has 44 heavy (non-hydrogen) atoms. The largest absolute Gasteiger partial charge is 0.468 e. The van der Waals surface area contributed by atoms with E-state index in [-0.39, 0.29) is 37.1 Å². The maximum atomic E-state index is 13.6. The molecule has 2 atom stereocenters. The standard InChI is InChI=1S/C30H38N8O5S/c31-28(41)25-19-44-18-21-7-2-1-6-20(21)15-37(16-23-9-5-13-43-23)17-27(40)38-12-4-8-22(38)14-26(39)35-24(29(42)36-25)10-3-11-34-30(32)33/h1-2,4-9,13-14,24-25H,3,10-12,15-19H2,(H2,31,41)(H,35,39)(H,36,42)(H4,32,33,34)/b22-14-/t24-,25-/m0/s1. The fourth-order valence-electron chi connectivity index (χ4n) is 4.88. The molecule has 0 bridgehead atoms. The fraction of sp³-hybridized carbons (Fsp3) is 0.367. The van der Waals surface area contributed by atoms with Crippen molar-refractivity contribution >= 4 is 41.4 Å². The number of nitrogens with one attached hydrogen (secondary N) is 2. The predicted molar refractivity (Wildman–Crippen MR) is 167 cm³/mol. The van der Waals surface area contributed by atoms with E-state index in [9.17, 15) is 19.2 Å². The topological polar surface area (TPSA) is 202 Å². The molecule has 2 aliphatic heterocycles. The van der Waals surface area contributed by atoms with E-state index in [1.54, 1.807) is 24.5 Å². The van der Waals surface area contributed by atoms with Crippen LogP contribution in [-0.2, 0) is 38.0 Å². The molecule has 2 aromatic rings. The zero-order chi connectivity index (χ0) is 31.5. The van der Waals surface area contributed by atoms with Gasteiger partial charge < -0.3 is 37.2 Å². The molecule has 234 valence electrons. The Hall–Kier alpha value is -4.56. The van der Waals surface area contributed by atoms with E-state index in [1.165, 1.54) is 22.7 Å². The number of hydrogen-bond donors (Lipinski definition) is 5. The van der Waals surface area contributed by atoms with Crippen LogP contribution >= 0.6 is 11.8 Å². The number of thioether (sulfide) groups is 1. The first-order chi connectivity index (χ1) is 21.2. The van der Waals surface area contributed by atoms with Gasteiger partial charge in [0.2, 0.25) is 23.6 Å². The molecule has 3 heterocycles. The molecule has 13 nitrogen and oxygen atoms in total. The van der Waals surface area contributed by atoms with E-state index in [1.807, 2.05) is 35.2 Å². The molecule has 0 saturated heterocycles. The Labute approximate surface area is 259 Å². The number of nitrogens with two attached hydrogens (primary N) is 3. The third kappa shape index (κ3) is 9.47. The molecular weight excluding hydrogens is 584 g/mol. The Balaban J connectivity index is 1.63. The molecule has 0 spiro atoms. The number of carbonyl (C=O) groups excluding carboxylic acids is 4. The summed E-state index contributed by atoms with van der Waals surface area (Å²) in [5.74, 6) is -0.606. The van der Waals surface area contributed by atoms with Gasteiger partial charge in [0.1, 0.15) is 17.8 Å². The monoisotopic (exact) mass is 622 g/mol. The molecule has 2 aliphatic rings. The number of carbonyl (C=O) groups is 4. The van der Waals surface area contributed by atoms with Crippen LogP contribution in [0.2, 0.25) is 0 Å². The molecule has 8 N–H and O–H groups in total. The van der Waals surface area contributed by atoms with Gasteiger partial charge in [-0.05, 0) is 42.2 Å². The van der Waals surface area contributed by atoms with Crippen LogP contribution in [0.3, 0.4) is 0 Å². The summed E-state index contributed by atoms with van der Waals surface area (Å²) in [6.07, 6.45) is 6.94. The van der Waals surface area contributed by atoms with Gasteiger partial charge in [-0.25, -0.2) is 0 Å². The second kappa shape index (κ2) is 15.8. The van der Waals surface area contributed by atoms with E-state index >= 15 is 0 Å². The van der Waals surface area contributed by atoms with E-state index in [2.05, 4.69) is 15.6 Å². The second-order valence-electron chi connectivity index (χ2n) is 10.5. The van der Waals surface area contributed by atoms with Crippen molar-refractivity contribution in [2.75, 3.05) is 25.4 Å². The zero-order valence-corrected chi connectivity index (χ0v) is 25.1. The maximum Gasteiger partial charge on any atom is 0.246 e. The second-order valence-corrected chi connectivity index (χ2v) is 11.5. The summed E-state index contributed by atoms with van der Waals surface area (Å²) in [5.41, 5.74) is 18.9. The number of primary amides is 1. The Morgan fingerprint density at radius 2 is 1.84 bits per heavy atom. The number of hydrogen-bond acceptors (Lipinski definition) is 8. The Morgan fingerprint density at radius 3 is 2.57 bits per heavy atom. The highest BCUT2D eigenvalue weighted by Gasteiger charge is 2.28. The molecule has 4 rings (SSSR count). The van der Waals surface area contributed by atoms with Crippen molar-refractivity contribution in [1.82, 2.24) is 20.4 Å². The lowest BCUT2D eigenvalue weighted by molar-refractivity contribution is -0.130. The first kappa shape index (κ1) is 32.4.